The molecule has 1 N–H and O–H groups in total. The predicted octanol–water partition coefficient (Wildman–Crippen LogP) is 3.57. The number of halogens is 1. The van der Waals surface area contributed by atoms with Crippen molar-refractivity contribution in [3.8, 4) is 5.75 Å². The molecule has 0 spiro atoms. The minimum absolute atomic E-state index is 0.105. The second kappa shape index (κ2) is 7.61. The van der Waals surface area contributed by atoms with Crippen molar-refractivity contribution in [1.82, 2.24) is 5.43 Å². The number of ether oxygens (including phenoxy) is 1. The zero-order valence-corrected chi connectivity index (χ0v) is 13.2. The van der Waals surface area contributed by atoms with Crippen LogP contribution < -0.4 is 10.2 Å². The summed E-state index contributed by atoms with van der Waals surface area (Å²) in [5, 5.41) is 4.70. The number of rotatable bonds is 5. The number of amides is 1. The first-order valence-corrected chi connectivity index (χ1v) is 7.21. The normalized spacial score (nSPS) is 11.1. The summed E-state index contributed by atoms with van der Waals surface area (Å²) >= 11 is 5.78. The predicted molar refractivity (Wildman–Crippen MR) is 88.5 cm³/mol. The van der Waals surface area contributed by atoms with Crippen LogP contribution in [0.2, 0.25) is 5.02 Å². The van der Waals surface area contributed by atoms with E-state index in [0.29, 0.717) is 10.8 Å². The van der Waals surface area contributed by atoms with Gasteiger partial charge in [0.25, 0.3) is 5.91 Å². The van der Waals surface area contributed by atoms with Gasteiger partial charge in [-0.1, -0.05) is 41.4 Å². The second-order valence-corrected chi connectivity index (χ2v) is 5.28. The van der Waals surface area contributed by atoms with E-state index in [2.05, 4.69) is 10.5 Å². The molecule has 5 heteroatoms. The number of nitrogens with zero attached hydrogens (tertiary/aromatic N) is 1. The second-order valence-electron chi connectivity index (χ2n) is 4.84. The molecule has 0 saturated carbocycles. The molecular weight excluding hydrogens is 300 g/mol. The minimum atomic E-state index is -0.318. The molecule has 0 bridgehead atoms. The van der Waals surface area contributed by atoms with Crippen molar-refractivity contribution in [1.29, 1.82) is 0 Å². The molecule has 0 radical (unpaired) electrons. The number of hydrogen-bond acceptors (Lipinski definition) is 3. The van der Waals surface area contributed by atoms with E-state index in [1.807, 2.05) is 38.1 Å². The maximum absolute atomic E-state index is 11.7. The van der Waals surface area contributed by atoms with Gasteiger partial charge in [-0.15, -0.1) is 0 Å². The summed E-state index contributed by atoms with van der Waals surface area (Å²) in [5.74, 6) is 0.265. The topological polar surface area (TPSA) is 50.7 Å². The van der Waals surface area contributed by atoms with E-state index < -0.39 is 0 Å². The number of hydrogen-bond donors (Lipinski definition) is 1. The Kier molecular flexibility index (Phi) is 5.55. The zero-order valence-electron chi connectivity index (χ0n) is 12.5. The summed E-state index contributed by atoms with van der Waals surface area (Å²) < 4.78 is 5.34. The Labute approximate surface area is 134 Å². The Morgan fingerprint density at radius 2 is 1.95 bits per heavy atom. The van der Waals surface area contributed by atoms with Gasteiger partial charge in [-0.25, -0.2) is 5.43 Å². The van der Waals surface area contributed by atoms with Crippen LogP contribution in [0.5, 0.6) is 5.75 Å². The summed E-state index contributed by atoms with van der Waals surface area (Å²) in [5.41, 5.74) is 5.33. The molecule has 2 rings (SSSR count). The molecule has 0 aliphatic rings. The molecule has 0 heterocycles. The van der Waals surface area contributed by atoms with Crippen LogP contribution in [0.1, 0.15) is 18.1 Å². The first kappa shape index (κ1) is 16.0. The number of carbonyl (C=O) groups excluding carboxylic acids is 1. The third kappa shape index (κ3) is 4.90. The van der Waals surface area contributed by atoms with Crippen LogP contribution in [-0.4, -0.2) is 18.2 Å². The average molecular weight is 317 g/mol. The molecule has 0 saturated heterocycles. The maximum atomic E-state index is 11.7. The lowest BCUT2D eigenvalue weighted by Gasteiger charge is -2.06. The average Bonchev–Trinajstić information content (AvgIpc) is 2.52. The van der Waals surface area contributed by atoms with Crippen molar-refractivity contribution >= 4 is 23.2 Å². The molecule has 0 atom stereocenters. The number of hydrazone groups is 1. The molecule has 114 valence electrons. The van der Waals surface area contributed by atoms with Crippen molar-refractivity contribution < 1.29 is 9.53 Å². The fraction of sp³-hybridized carbons (Fsp3) is 0.176. The quantitative estimate of drug-likeness (QED) is 0.677. The minimum Gasteiger partial charge on any atom is -0.484 e. The van der Waals surface area contributed by atoms with E-state index in [1.165, 1.54) is 0 Å². The van der Waals surface area contributed by atoms with Crippen molar-refractivity contribution in [2.24, 2.45) is 5.10 Å². The largest absolute Gasteiger partial charge is 0.484 e. The summed E-state index contributed by atoms with van der Waals surface area (Å²) in [4.78, 5) is 11.7. The van der Waals surface area contributed by atoms with E-state index in [0.717, 1.165) is 16.8 Å². The fourth-order valence-corrected chi connectivity index (χ4v) is 1.92. The SMILES string of the molecule is C/C(=N\NC(=O)COc1ccc(Cl)cc1)c1cccc(C)c1. The van der Waals surface area contributed by atoms with E-state index in [-0.39, 0.29) is 12.5 Å². The summed E-state index contributed by atoms with van der Waals surface area (Å²) in [7, 11) is 0. The molecule has 22 heavy (non-hydrogen) atoms. The molecule has 0 fully saturated rings. The summed E-state index contributed by atoms with van der Waals surface area (Å²) in [6.45, 7) is 3.75. The molecule has 0 aliphatic carbocycles. The van der Waals surface area contributed by atoms with E-state index in [4.69, 9.17) is 16.3 Å². The van der Waals surface area contributed by atoms with Gasteiger partial charge < -0.3 is 4.74 Å². The molecule has 0 unspecified atom stereocenters. The van der Waals surface area contributed by atoms with Gasteiger partial charge in [-0.3, -0.25) is 4.79 Å². The van der Waals surface area contributed by atoms with Crippen LogP contribution in [-0.2, 0) is 4.79 Å². The highest BCUT2D eigenvalue weighted by atomic mass is 35.5. The Morgan fingerprint density at radius 1 is 1.23 bits per heavy atom. The van der Waals surface area contributed by atoms with Crippen molar-refractivity contribution in [3.05, 3.63) is 64.7 Å². The van der Waals surface area contributed by atoms with Crippen LogP contribution >= 0.6 is 11.6 Å². The highest BCUT2D eigenvalue weighted by Gasteiger charge is 2.03. The van der Waals surface area contributed by atoms with Crippen LogP contribution in [0.15, 0.2) is 53.6 Å². The lowest BCUT2D eigenvalue weighted by Crippen LogP contribution is -2.25. The van der Waals surface area contributed by atoms with Crippen molar-refractivity contribution in [3.63, 3.8) is 0 Å². The lowest BCUT2D eigenvalue weighted by molar-refractivity contribution is -0.123. The number of carbonyl (C=O) groups is 1. The molecule has 4 nitrogen and oxygen atoms in total. The van der Waals surface area contributed by atoms with Gasteiger partial charge in [-0.2, -0.15) is 5.10 Å². The van der Waals surface area contributed by atoms with Gasteiger partial charge in [0, 0.05) is 5.02 Å². The molecule has 2 aromatic carbocycles. The summed E-state index contributed by atoms with van der Waals surface area (Å²) in [6.07, 6.45) is 0. The van der Waals surface area contributed by atoms with Gasteiger partial charge in [0.1, 0.15) is 5.75 Å². The van der Waals surface area contributed by atoms with Crippen LogP contribution in [0.25, 0.3) is 0 Å². The number of aryl methyl sites for hydroxylation is 1. The van der Waals surface area contributed by atoms with Crippen LogP contribution in [0.4, 0.5) is 0 Å². The van der Waals surface area contributed by atoms with Gasteiger partial charge >= 0.3 is 0 Å². The number of benzene rings is 2. The Morgan fingerprint density at radius 3 is 2.64 bits per heavy atom. The highest BCUT2D eigenvalue weighted by molar-refractivity contribution is 6.30. The number of nitrogens with one attached hydrogen (secondary N) is 1. The first-order chi connectivity index (χ1) is 10.5. The van der Waals surface area contributed by atoms with Gasteiger partial charge in [0.15, 0.2) is 6.61 Å². The third-order valence-corrected chi connectivity index (χ3v) is 3.22. The van der Waals surface area contributed by atoms with Gasteiger partial charge in [0.2, 0.25) is 0 Å². The monoisotopic (exact) mass is 316 g/mol. The maximum Gasteiger partial charge on any atom is 0.277 e. The first-order valence-electron chi connectivity index (χ1n) is 6.83. The Bertz CT molecular complexity index is 681. The Hall–Kier alpha value is -2.33. The van der Waals surface area contributed by atoms with Crippen molar-refractivity contribution in [2.45, 2.75) is 13.8 Å². The standard InChI is InChI=1S/C17H17ClN2O2/c1-12-4-3-5-14(10-12)13(2)19-20-17(21)11-22-16-8-6-15(18)7-9-16/h3-10H,11H2,1-2H3,(H,20,21)/b19-13+. The van der Waals surface area contributed by atoms with Crippen molar-refractivity contribution in [2.75, 3.05) is 6.61 Å². The zero-order chi connectivity index (χ0) is 15.9. The van der Waals surface area contributed by atoms with Crippen LogP contribution in [0, 0.1) is 6.92 Å². The van der Waals surface area contributed by atoms with Gasteiger partial charge in [-0.05, 0) is 43.7 Å². The molecule has 0 aromatic heterocycles. The van der Waals surface area contributed by atoms with Gasteiger partial charge in [0.05, 0.1) is 5.71 Å². The van der Waals surface area contributed by atoms with E-state index in [1.54, 1.807) is 24.3 Å². The lowest BCUT2D eigenvalue weighted by atomic mass is 10.1. The molecule has 2 aromatic rings. The molecule has 0 aliphatic heterocycles. The third-order valence-electron chi connectivity index (χ3n) is 2.97. The van der Waals surface area contributed by atoms with E-state index in [9.17, 15) is 4.79 Å². The summed E-state index contributed by atoms with van der Waals surface area (Å²) in [6, 6.07) is 14.7. The molecule has 1 amide bonds. The Balaban J connectivity index is 1.86. The van der Waals surface area contributed by atoms with Crippen LogP contribution in [0.3, 0.4) is 0 Å². The van der Waals surface area contributed by atoms with E-state index >= 15 is 0 Å². The fourth-order valence-electron chi connectivity index (χ4n) is 1.79. The highest BCUT2D eigenvalue weighted by Crippen LogP contribution is 2.15. The molecular formula is C17H17ClN2O2. The smallest absolute Gasteiger partial charge is 0.277 e.